The predicted octanol–water partition coefficient (Wildman–Crippen LogP) is 6.80. The number of rotatable bonds is 9. The summed E-state index contributed by atoms with van der Waals surface area (Å²) in [7, 11) is 0. The van der Waals surface area contributed by atoms with Crippen molar-refractivity contribution in [2.24, 2.45) is 0 Å². The molecule has 3 aromatic carbocycles. The number of unbranched alkanes of at least 4 members (excludes halogenated alkanes) is 1. The molecule has 0 saturated heterocycles. The summed E-state index contributed by atoms with van der Waals surface area (Å²) in [5, 5.41) is -0.269. The number of halogens is 1. The number of benzene rings is 3. The van der Waals surface area contributed by atoms with Crippen molar-refractivity contribution in [2.75, 3.05) is 6.54 Å². The number of hydrogen-bond donors (Lipinski definition) is 0. The van der Waals surface area contributed by atoms with Crippen LogP contribution in [0.25, 0.3) is 11.1 Å². The molecule has 2 nitrogen and oxygen atoms in total. The van der Waals surface area contributed by atoms with Crippen molar-refractivity contribution in [1.82, 2.24) is 4.90 Å². The van der Waals surface area contributed by atoms with Crippen LogP contribution in [0.5, 0.6) is 0 Å². The smallest absolute Gasteiger partial charge is 0.236 e. The molecule has 31 heavy (non-hydrogen) atoms. The maximum Gasteiger partial charge on any atom is 0.236 e. The second kappa shape index (κ2) is 9.38. The van der Waals surface area contributed by atoms with Gasteiger partial charge in [0.2, 0.25) is 5.24 Å². The van der Waals surface area contributed by atoms with Crippen LogP contribution in [-0.2, 0) is 16.8 Å². The molecule has 0 aromatic heterocycles. The minimum atomic E-state index is -0.739. The number of hydrogen-bond acceptors (Lipinski definition) is 2. The van der Waals surface area contributed by atoms with Crippen LogP contribution < -0.4 is 0 Å². The average molecular weight is 432 g/mol. The van der Waals surface area contributed by atoms with Gasteiger partial charge in [-0.15, -0.1) is 0 Å². The minimum absolute atomic E-state index is 0.269. The topological polar surface area (TPSA) is 20.3 Å². The molecule has 0 heterocycles. The molecule has 3 heteroatoms. The van der Waals surface area contributed by atoms with Crippen LogP contribution in [0, 0.1) is 0 Å². The van der Waals surface area contributed by atoms with Gasteiger partial charge < -0.3 is 0 Å². The third-order valence-corrected chi connectivity index (χ3v) is 6.93. The van der Waals surface area contributed by atoms with E-state index in [0.717, 1.165) is 54.6 Å². The zero-order chi connectivity index (χ0) is 21.8. The summed E-state index contributed by atoms with van der Waals surface area (Å²) >= 11 is 6.35. The van der Waals surface area contributed by atoms with Gasteiger partial charge in [-0.05, 0) is 72.7 Å². The number of carbonyl (C=O) groups excluding carboxylic acids is 1. The molecular weight excluding hydrogens is 402 g/mol. The largest absolute Gasteiger partial charge is 0.297 e. The van der Waals surface area contributed by atoms with E-state index < -0.39 is 5.41 Å². The molecule has 0 radical (unpaired) electrons. The molecule has 160 valence electrons. The lowest BCUT2D eigenvalue weighted by molar-refractivity contribution is -0.115. The first-order valence-corrected chi connectivity index (χ1v) is 11.6. The van der Waals surface area contributed by atoms with E-state index >= 15 is 0 Å². The summed E-state index contributed by atoms with van der Waals surface area (Å²) in [6.45, 7) is 6.44. The summed E-state index contributed by atoms with van der Waals surface area (Å²) < 4.78 is 0. The van der Waals surface area contributed by atoms with Gasteiger partial charge in [0.25, 0.3) is 0 Å². The highest BCUT2D eigenvalue weighted by atomic mass is 35.5. The highest BCUT2D eigenvalue weighted by molar-refractivity contribution is 6.66. The van der Waals surface area contributed by atoms with Crippen molar-refractivity contribution in [3.05, 3.63) is 95.6 Å². The summed E-state index contributed by atoms with van der Waals surface area (Å²) in [6.07, 6.45) is 2.71. The summed E-state index contributed by atoms with van der Waals surface area (Å²) in [6, 6.07) is 27.6. The normalized spacial score (nSPS) is 14.0. The van der Waals surface area contributed by atoms with Gasteiger partial charge in [0.05, 0.1) is 5.41 Å². The maximum absolute atomic E-state index is 12.9. The van der Waals surface area contributed by atoms with Gasteiger partial charge in [-0.25, -0.2) is 0 Å². The Hall–Kier alpha value is -2.42. The molecule has 0 aliphatic heterocycles. The molecule has 1 aliphatic carbocycles. The van der Waals surface area contributed by atoms with E-state index in [1.807, 2.05) is 24.3 Å². The van der Waals surface area contributed by atoms with Crippen LogP contribution in [0.1, 0.15) is 49.8 Å². The molecule has 0 unspecified atom stereocenters. The second-order valence-corrected chi connectivity index (χ2v) is 9.12. The van der Waals surface area contributed by atoms with E-state index in [1.54, 1.807) is 0 Å². The van der Waals surface area contributed by atoms with Gasteiger partial charge >= 0.3 is 0 Å². The Balaban J connectivity index is 1.50. The lowest BCUT2D eigenvalue weighted by Gasteiger charge is -2.30. The highest BCUT2D eigenvalue weighted by Gasteiger charge is 2.47. The van der Waals surface area contributed by atoms with Crippen LogP contribution in [0.3, 0.4) is 0 Å². The standard InChI is InChI=1S/C28H30ClNO/c1-21(2)30(20-22-12-4-3-5-13-22)19-11-10-18-28(27(29)31)25-16-8-6-14-23(25)24-15-7-9-17-26(24)28/h3-9,12-17,21H,10-11,18-20H2,1-2H3. The molecule has 0 bridgehead atoms. The predicted molar refractivity (Wildman–Crippen MR) is 129 cm³/mol. The number of carbonyl (C=O) groups is 1. The van der Waals surface area contributed by atoms with Gasteiger partial charge in [-0.3, -0.25) is 9.69 Å². The van der Waals surface area contributed by atoms with E-state index in [0.29, 0.717) is 6.04 Å². The van der Waals surface area contributed by atoms with Gasteiger partial charge in [0, 0.05) is 12.6 Å². The molecule has 0 N–H and O–H groups in total. The molecule has 0 spiro atoms. The summed E-state index contributed by atoms with van der Waals surface area (Å²) in [5.74, 6) is 0. The third kappa shape index (κ3) is 4.20. The Morgan fingerprint density at radius 3 is 1.94 bits per heavy atom. The fourth-order valence-corrected chi connectivity index (χ4v) is 5.25. The summed E-state index contributed by atoms with van der Waals surface area (Å²) in [5.41, 5.74) is 4.99. The Bertz CT molecular complexity index is 998. The van der Waals surface area contributed by atoms with Crippen LogP contribution in [-0.4, -0.2) is 22.7 Å². The fraction of sp³-hybridized carbons (Fsp3) is 0.321. The van der Waals surface area contributed by atoms with Gasteiger partial charge in [0.15, 0.2) is 0 Å². The van der Waals surface area contributed by atoms with Crippen LogP contribution >= 0.6 is 11.6 Å². The molecule has 0 amide bonds. The first kappa shape index (κ1) is 21.8. The SMILES string of the molecule is CC(C)N(CCCCC1(C(=O)Cl)c2ccccc2-c2ccccc21)Cc1ccccc1. The zero-order valence-electron chi connectivity index (χ0n) is 18.4. The van der Waals surface area contributed by atoms with Gasteiger partial charge in [-0.2, -0.15) is 0 Å². The zero-order valence-corrected chi connectivity index (χ0v) is 19.1. The van der Waals surface area contributed by atoms with E-state index in [1.165, 1.54) is 5.56 Å². The van der Waals surface area contributed by atoms with E-state index in [2.05, 4.69) is 73.3 Å². The van der Waals surface area contributed by atoms with Gasteiger partial charge in [-0.1, -0.05) is 85.3 Å². The maximum atomic E-state index is 12.9. The minimum Gasteiger partial charge on any atom is -0.297 e. The molecular formula is C28H30ClNO. The Kier molecular flexibility index (Phi) is 6.60. The monoisotopic (exact) mass is 431 g/mol. The third-order valence-electron chi connectivity index (χ3n) is 6.61. The molecule has 0 atom stereocenters. The van der Waals surface area contributed by atoms with Crippen molar-refractivity contribution < 1.29 is 4.79 Å². The van der Waals surface area contributed by atoms with Crippen molar-refractivity contribution in [3.63, 3.8) is 0 Å². The molecule has 3 aromatic rings. The first-order chi connectivity index (χ1) is 15.0. The second-order valence-electron chi connectivity index (χ2n) is 8.78. The fourth-order valence-electron chi connectivity index (χ4n) is 4.95. The van der Waals surface area contributed by atoms with Crippen LogP contribution in [0.15, 0.2) is 78.9 Å². The molecule has 0 fully saturated rings. The van der Waals surface area contributed by atoms with E-state index in [-0.39, 0.29) is 5.24 Å². The summed E-state index contributed by atoms with van der Waals surface area (Å²) in [4.78, 5) is 15.4. The Labute approximate surface area is 190 Å². The molecule has 0 saturated carbocycles. The lowest BCUT2D eigenvalue weighted by Crippen LogP contribution is -2.34. The lowest BCUT2D eigenvalue weighted by atomic mass is 9.75. The van der Waals surface area contributed by atoms with Crippen molar-refractivity contribution in [3.8, 4) is 11.1 Å². The van der Waals surface area contributed by atoms with E-state index in [9.17, 15) is 4.79 Å². The number of nitrogens with zero attached hydrogens (tertiary/aromatic N) is 1. The van der Waals surface area contributed by atoms with Crippen molar-refractivity contribution in [1.29, 1.82) is 0 Å². The highest BCUT2D eigenvalue weighted by Crippen LogP contribution is 2.52. The Morgan fingerprint density at radius 1 is 0.839 bits per heavy atom. The van der Waals surface area contributed by atoms with Crippen molar-refractivity contribution >= 4 is 16.8 Å². The van der Waals surface area contributed by atoms with Gasteiger partial charge in [0.1, 0.15) is 0 Å². The molecule has 1 aliphatic rings. The average Bonchev–Trinajstić information content (AvgIpc) is 3.08. The van der Waals surface area contributed by atoms with E-state index in [4.69, 9.17) is 11.6 Å². The Morgan fingerprint density at radius 2 is 1.39 bits per heavy atom. The first-order valence-electron chi connectivity index (χ1n) is 11.2. The van der Waals surface area contributed by atoms with Crippen LogP contribution in [0.2, 0.25) is 0 Å². The van der Waals surface area contributed by atoms with Crippen LogP contribution in [0.4, 0.5) is 0 Å². The number of fused-ring (bicyclic) bond motifs is 3. The van der Waals surface area contributed by atoms with Crippen molar-refractivity contribution in [2.45, 2.75) is 51.1 Å². The quantitative estimate of drug-likeness (QED) is 0.274. The molecule has 4 rings (SSSR count).